The summed E-state index contributed by atoms with van der Waals surface area (Å²) in [5.74, 6) is 1.60. The first kappa shape index (κ1) is 19.7. The third-order valence-electron chi connectivity index (χ3n) is 5.75. The van der Waals surface area contributed by atoms with Crippen LogP contribution in [0, 0.1) is 11.8 Å². The molecule has 0 nitrogen and oxygen atoms in total. The molecule has 2 aromatic rings. The molecule has 0 N–H and O–H groups in total. The van der Waals surface area contributed by atoms with Crippen LogP contribution in [0.2, 0.25) is 0 Å². The molecule has 0 saturated carbocycles. The van der Waals surface area contributed by atoms with E-state index in [0.29, 0.717) is 0 Å². The first-order valence-corrected chi connectivity index (χ1v) is 9.84. The summed E-state index contributed by atoms with van der Waals surface area (Å²) in [6.45, 7) is 4.59. The Kier molecular flexibility index (Phi) is 6.08. The normalized spacial score (nSPS) is 18.9. The van der Waals surface area contributed by atoms with Crippen LogP contribution in [-0.4, -0.2) is 0 Å². The van der Waals surface area contributed by atoms with Gasteiger partial charge in [-0.3, -0.25) is 0 Å². The van der Waals surface area contributed by atoms with Gasteiger partial charge in [-0.25, -0.2) is 0 Å². The third kappa shape index (κ3) is 5.03. The van der Waals surface area contributed by atoms with Crippen LogP contribution in [0.1, 0.15) is 57.1 Å². The lowest BCUT2D eigenvalue weighted by atomic mass is 9.81. The molecule has 3 heteroatoms. The Morgan fingerprint density at radius 2 is 1.48 bits per heavy atom. The molecule has 2 unspecified atom stereocenters. The third-order valence-corrected chi connectivity index (χ3v) is 5.75. The largest absolute Gasteiger partial charge is 0.416 e. The van der Waals surface area contributed by atoms with Gasteiger partial charge in [0.2, 0.25) is 0 Å². The Bertz CT molecular complexity index is 767. The molecule has 3 rings (SSSR count). The zero-order valence-electron chi connectivity index (χ0n) is 16.0. The van der Waals surface area contributed by atoms with Gasteiger partial charge in [0.25, 0.3) is 0 Å². The Labute approximate surface area is 160 Å². The first-order valence-electron chi connectivity index (χ1n) is 9.84. The van der Waals surface area contributed by atoms with Crippen LogP contribution < -0.4 is 0 Å². The second-order valence-corrected chi connectivity index (χ2v) is 7.77. The van der Waals surface area contributed by atoms with Gasteiger partial charge in [0, 0.05) is 0 Å². The number of hydrogen-bond acceptors (Lipinski definition) is 0. The lowest BCUT2D eigenvalue weighted by molar-refractivity contribution is -0.137. The summed E-state index contributed by atoms with van der Waals surface area (Å²) in [5.41, 5.74) is 3.77. The van der Waals surface area contributed by atoms with Crippen LogP contribution in [0.5, 0.6) is 0 Å². The SMILES string of the molecule is CCC(C)CC1CC=C(c2ccc(-c3ccc(C(F)(F)F)cc3)cc2)CC1. The zero-order valence-corrected chi connectivity index (χ0v) is 16.0. The molecular weight excluding hydrogens is 345 g/mol. The molecule has 27 heavy (non-hydrogen) atoms. The van der Waals surface area contributed by atoms with Crippen LogP contribution in [0.4, 0.5) is 13.2 Å². The molecule has 2 atom stereocenters. The Morgan fingerprint density at radius 3 is 1.96 bits per heavy atom. The summed E-state index contributed by atoms with van der Waals surface area (Å²) in [7, 11) is 0. The number of hydrogen-bond donors (Lipinski definition) is 0. The van der Waals surface area contributed by atoms with Crippen molar-refractivity contribution in [2.45, 2.75) is 52.1 Å². The molecule has 0 spiro atoms. The average molecular weight is 372 g/mol. The van der Waals surface area contributed by atoms with Gasteiger partial charge in [-0.05, 0) is 71.9 Å². The fraction of sp³-hybridized carbons (Fsp3) is 0.417. The summed E-state index contributed by atoms with van der Waals surface area (Å²) >= 11 is 0. The summed E-state index contributed by atoms with van der Waals surface area (Å²) in [6, 6.07) is 13.6. The van der Waals surface area contributed by atoms with E-state index in [1.54, 1.807) is 0 Å². The second kappa shape index (κ2) is 8.33. The maximum atomic E-state index is 12.7. The van der Waals surface area contributed by atoms with Crippen molar-refractivity contribution in [3.05, 3.63) is 65.7 Å². The van der Waals surface area contributed by atoms with E-state index in [9.17, 15) is 13.2 Å². The van der Waals surface area contributed by atoms with Crippen molar-refractivity contribution < 1.29 is 13.2 Å². The van der Waals surface area contributed by atoms with Crippen molar-refractivity contribution in [2.75, 3.05) is 0 Å². The van der Waals surface area contributed by atoms with Gasteiger partial charge in [-0.15, -0.1) is 0 Å². The molecule has 0 saturated heterocycles. The van der Waals surface area contributed by atoms with E-state index in [1.165, 1.54) is 42.5 Å². The Morgan fingerprint density at radius 1 is 0.926 bits per heavy atom. The molecule has 0 heterocycles. The molecule has 1 aliphatic carbocycles. The molecule has 0 fully saturated rings. The minimum atomic E-state index is -4.29. The van der Waals surface area contributed by atoms with Crippen molar-refractivity contribution in [1.29, 1.82) is 0 Å². The number of rotatable bonds is 5. The maximum absolute atomic E-state index is 12.7. The van der Waals surface area contributed by atoms with Gasteiger partial charge in [0.1, 0.15) is 0 Å². The highest BCUT2D eigenvalue weighted by Gasteiger charge is 2.29. The molecule has 0 aromatic heterocycles. The summed E-state index contributed by atoms with van der Waals surface area (Å²) < 4.78 is 38.1. The molecule has 1 aliphatic rings. The number of allylic oxidation sites excluding steroid dienone is 2. The van der Waals surface area contributed by atoms with Crippen LogP contribution >= 0.6 is 0 Å². The maximum Gasteiger partial charge on any atom is 0.416 e. The van der Waals surface area contributed by atoms with E-state index in [1.807, 2.05) is 12.1 Å². The van der Waals surface area contributed by atoms with Crippen molar-refractivity contribution in [3.8, 4) is 11.1 Å². The topological polar surface area (TPSA) is 0 Å². The summed E-state index contributed by atoms with van der Waals surface area (Å²) in [6.07, 6.45) is 4.16. The van der Waals surface area contributed by atoms with E-state index in [-0.39, 0.29) is 0 Å². The van der Waals surface area contributed by atoms with Gasteiger partial charge < -0.3 is 0 Å². The Hall–Kier alpha value is -2.03. The lowest BCUT2D eigenvalue weighted by Gasteiger charge is -2.24. The average Bonchev–Trinajstić information content (AvgIpc) is 2.68. The number of alkyl halides is 3. The number of benzene rings is 2. The second-order valence-electron chi connectivity index (χ2n) is 7.77. The van der Waals surface area contributed by atoms with E-state index in [4.69, 9.17) is 0 Å². The molecule has 0 amide bonds. The molecule has 0 radical (unpaired) electrons. The summed E-state index contributed by atoms with van der Waals surface area (Å²) in [4.78, 5) is 0. The molecule has 0 aliphatic heterocycles. The quantitative estimate of drug-likeness (QED) is 0.499. The monoisotopic (exact) mass is 372 g/mol. The van der Waals surface area contributed by atoms with Gasteiger partial charge in [0.05, 0.1) is 5.56 Å². The Balaban J connectivity index is 1.67. The molecular formula is C24H27F3. The predicted molar refractivity (Wildman–Crippen MR) is 106 cm³/mol. The highest BCUT2D eigenvalue weighted by molar-refractivity contribution is 5.71. The van der Waals surface area contributed by atoms with Crippen LogP contribution in [0.3, 0.4) is 0 Å². The van der Waals surface area contributed by atoms with Crippen molar-refractivity contribution >= 4 is 5.57 Å². The fourth-order valence-corrected chi connectivity index (χ4v) is 3.83. The van der Waals surface area contributed by atoms with E-state index in [0.717, 1.165) is 47.9 Å². The zero-order chi connectivity index (χ0) is 19.4. The predicted octanol–water partition coefficient (Wildman–Crippen LogP) is 7.99. The smallest absolute Gasteiger partial charge is 0.166 e. The van der Waals surface area contributed by atoms with Gasteiger partial charge in [-0.1, -0.05) is 62.7 Å². The lowest BCUT2D eigenvalue weighted by Crippen LogP contribution is -2.09. The molecule has 2 aromatic carbocycles. The van der Waals surface area contributed by atoms with Crippen molar-refractivity contribution in [2.24, 2.45) is 11.8 Å². The van der Waals surface area contributed by atoms with Crippen LogP contribution in [0.25, 0.3) is 16.7 Å². The van der Waals surface area contributed by atoms with E-state index >= 15 is 0 Å². The van der Waals surface area contributed by atoms with E-state index < -0.39 is 11.7 Å². The minimum Gasteiger partial charge on any atom is -0.166 e. The summed E-state index contributed by atoms with van der Waals surface area (Å²) in [5, 5.41) is 0. The van der Waals surface area contributed by atoms with Crippen molar-refractivity contribution in [3.63, 3.8) is 0 Å². The highest BCUT2D eigenvalue weighted by atomic mass is 19.4. The van der Waals surface area contributed by atoms with Gasteiger partial charge in [-0.2, -0.15) is 13.2 Å². The molecule has 0 bridgehead atoms. The fourth-order valence-electron chi connectivity index (χ4n) is 3.83. The van der Waals surface area contributed by atoms with Gasteiger partial charge >= 0.3 is 6.18 Å². The van der Waals surface area contributed by atoms with Crippen molar-refractivity contribution in [1.82, 2.24) is 0 Å². The van der Waals surface area contributed by atoms with Crippen LogP contribution in [-0.2, 0) is 6.18 Å². The van der Waals surface area contributed by atoms with Gasteiger partial charge in [0.15, 0.2) is 0 Å². The standard InChI is InChI=1S/C24H27F3/c1-3-17(2)16-18-4-6-19(7-5-18)20-8-10-21(11-9-20)22-12-14-23(15-13-22)24(25,26)27/h6,8-15,17-18H,3-5,7,16H2,1-2H3. The van der Waals surface area contributed by atoms with E-state index in [2.05, 4.69) is 32.1 Å². The number of halogens is 3. The highest BCUT2D eigenvalue weighted by Crippen LogP contribution is 2.35. The minimum absolute atomic E-state index is 0.609. The van der Waals surface area contributed by atoms with Crippen LogP contribution in [0.15, 0.2) is 54.6 Å². The molecule has 144 valence electrons. The first-order chi connectivity index (χ1) is 12.9.